The molecule has 0 radical (unpaired) electrons. The van der Waals surface area contributed by atoms with Crippen LogP contribution in [0.25, 0.3) is 0 Å². The van der Waals surface area contributed by atoms with Gasteiger partial charge in [-0.3, -0.25) is 9.11 Å². The number of fused-ring (bicyclic) bond motifs is 6. The fourth-order valence-corrected chi connectivity index (χ4v) is 3.73. The lowest BCUT2D eigenvalue weighted by atomic mass is 9.89. The number of hydrogen-bond donors (Lipinski definition) is 2. The highest BCUT2D eigenvalue weighted by Gasteiger charge is 2.45. The van der Waals surface area contributed by atoms with Crippen LogP contribution in [0.2, 0.25) is 0 Å². The fourth-order valence-electron chi connectivity index (χ4n) is 3.73. The lowest BCUT2D eigenvalue weighted by Gasteiger charge is -2.38. The lowest BCUT2D eigenvalue weighted by molar-refractivity contribution is -0.0514. The van der Waals surface area contributed by atoms with Gasteiger partial charge < -0.3 is 9.80 Å². The SMILES string of the molecule is C1CN2CCC1CC2.C1CN2CCC1CC2.O=S(=O)(O)C(F)(F)F.O=S(=O)(O)C(F)(F)F. The summed E-state index contributed by atoms with van der Waals surface area (Å²) in [6.45, 7) is 8.36. The van der Waals surface area contributed by atoms with Gasteiger partial charge in [0.05, 0.1) is 0 Å². The molecule has 0 spiro atoms. The van der Waals surface area contributed by atoms with E-state index >= 15 is 0 Å². The van der Waals surface area contributed by atoms with E-state index in [0.29, 0.717) is 0 Å². The van der Waals surface area contributed by atoms with Crippen LogP contribution in [-0.2, 0) is 20.2 Å². The summed E-state index contributed by atoms with van der Waals surface area (Å²) in [5.41, 5.74) is -11.1. The van der Waals surface area contributed by atoms with Gasteiger partial charge in [-0.15, -0.1) is 0 Å². The highest BCUT2D eigenvalue weighted by Crippen LogP contribution is 2.27. The molecule has 6 aliphatic heterocycles. The minimum absolute atomic E-state index is 1.11. The van der Waals surface area contributed by atoms with Gasteiger partial charge in [0.25, 0.3) is 0 Å². The van der Waals surface area contributed by atoms with Gasteiger partial charge in [-0.05, 0) is 89.6 Å². The summed E-state index contributed by atoms with van der Waals surface area (Å²) in [6.07, 6.45) is 8.92. The van der Waals surface area contributed by atoms with Gasteiger partial charge >= 0.3 is 31.3 Å². The standard InChI is InChI=1S/2C7H13N.2CHF3O3S/c2*1-4-8-5-2-7(1)3-6-8;2*2-1(3,4)8(5,6)7/h2*7H,1-6H2;2*(H,5,6,7). The molecule has 192 valence electrons. The second kappa shape index (κ2) is 11.6. The van der Waals surface area contributed by atoms with Crippen molar-refractivity contribution in [2.75, 3.05) is 39.3 Å². The van der Waals surface area contributed by atoms with Crippen LogP contribution in [-0.4, -0.2) is 86.0 Å². The molecule has 0 aliphatic carbocycles. The normalized spacial score (nSPS) is 29.5. The molecule has 0 atom stereocenters. The van der Waals surface area contributed by atoms with Crippen molar-refractivity contribution in [3.05, 3.63) is 0 Å². The maximum Gasteiger partial charge on any atom is 0.522 e. The minimum Gasteiger partial charge on any atom is -0.303 e. The van der Waals surface area contributed by atoms with Crippen molar-refractivity contribution in [2.24, 2.45) is 11.8 Å². The molecule has 2 N–H and O–H groups in total. The molecule has 6 heterocycles. The van der Waals surface area contributed by atoms with Crippen molar-refractivity contribution in [3.63, 3.8) is 0 Å². The zero-order valence-corrected chi connectivity index (χ0v) is 18.8. The monoisotopic (exact) mass is 522 g/mol. The smallest absolute Gasteiger partial charge is 0.303 e. The molecular formula is C16H28F6N2O6S2. The molecule has 0 aromatic rings. The zero-order chi connectivity index (χ0) is 24.8. The Hall–Kier alpha value is -0.680. The van der Waals surface area contributed by atoms with Gasteiger partial charge in [-0.1, -0.05) is 0 Å². The van der Waals surface area contributed by atoms with Crippen LogP contribution in [0.1, 0.15) is 38.5 Å². The molecule has 0 saturated carbocycles. The van der Waals surface area contributed by atoms with Gasteiger partial charge in [-0.25, -0.2) is 0 Å². The molecule has 0 aromatic carbocycles. The Kier molecular flexibility index (Phi) is 10.7. The Morgan fingerprint density at radius 1 is 0.531 bits per heavy atom. The Bertz CT molecular complexity index is 660. The van der Waals surface area contributed by atoms with E-state index in [-0.39, 0.29) is 0 Å². The first-order valence-electron chi connectivity index (χ1n) is 9.92. The van der Waals surface area contributed by atoms with Crippen LogP contribution >= 0.6 is 0 Å². The highest BCUT2D eigenvalue weighted by molar-refractivity contribution is 7.86. The molecule has 0 unspecified atom stereocenters. The van der Waals surface area contributed by atoms with Crippen LogP contribution in [0.15, 0.2) is 0 Å². The van der Waals surface area contributed by atoms with Crippen molar-refractivity contribution >= 4 is 20.2 Å². The number of hydrogen-bond acceptors (Lipinski definition) is 6. The van der Waals surface area contributed by atoms with Crippen molar-refractivity contribution in [3.8, 4) is 0 Å². The Balaban J connectivity index is 0.000000213. The Labute approximate surface area is 183 Å². The largest absolute Gasteiger partial charge is 0.522 e. The molecular weight excluding hydrogens is 494 g/mol. The predicted molar refractivity (Wildman–Crippen MR) is 103 cm³/mol. The van der Waals surface area contributed by atoms with Gasteiger partial charge in [0.2, 0.25) is 0 Å². The zero-order valence-electron chi connectivity index (χ0n) is 17.1. The van der Waals surface area contributed by atoms with E-state index < -0.39 is 31.3 Å². The van der Waals surface area contributed by atoms with E-state index in [1.165, 1.54) is 77.8 Å². The van der Waals surface area contributed by atoms with Crippen LogP contribution in [0, 0.1) is 11.8 Å². The van der Waals surface area contributed by atoms with Crippen molar-refractivity contribution in [1.29, 1.82) is 0 Å². The molecule has 16 heteroatoms. The van der Waals surface area contributed by atoms with E-state index in [2.05, 4.69) is 9.80 Å². The van der Waals surface area contributed by atoms with Crippen LogP contribution in [0.3, 0.4) is 0 Å². The minimum atomic E-state index is -5.84. The summed E-state index contributed by atoms with van der Waals surface area (Å²) in [4.78, 5) is 5.17. The summed E-state index contributed by atoms with van der Waals surface area (Å²) in [5.74, 6) is 2.22. The maximum absolute atomic E-state index is 10.7. The second-order valence-corrected chi connectivity index (χ2v) is 10.8. The summed E-state index contributed by atoms with van der Waals surface area (Å²) >= 11 is 0. The molecule has 8 nitrogen and oxygen atoms in total. The average Bonchev–Trinajstić information content (AvgIpc) is 2.69. The summed E-state index contributed by atoms with van der Waals surface area (Å²) in [5, 5.41) is 0. The molecule has 0 amide bonds. The molecule has 32 heavy (non-hydrogen) atoms. The molecule has 6 fully saturated rings. The topological polar surface area (TPSA) is 115 Å². The van der Waals surface area contributed by atoms with Gasteiger partial charge in [0.1, 0.15) is 0 Å². The molecule has 4 bridgehead atoms. The van der Waals surface area contributed by atoms with Crippen molar-refractivity contribution in [1.82, 2.24) is 9.80 Å². The number of rotatable bonds is 0. The Morgan fingerprint density at radius 3 is 0.719 bits per heavy atom. The van der Waals surface area contributed by atoms with Crippen LogP contribution in [0.5, 0.6) is 0 Å². The lowest BCUT2D eigenvalue weighted by Crippen LogP contribution is -2.41. The average molecular weight is 523 g/mol. The fraction of sp³-hybridized carbons (Fsp3) is 1.00. The summed E-state index contributed by atoms with van der Waals surface area (Å²) in [6, 6.07) is 0. The van der Waals surface area contributed by atoms with Crippen molar-refractivity contribution < 1.29 is 52.3 Å². The van der Waals surface area contributed by atoms with E-state index in [1.54, 1.807) is 0 Å². The highest BCUT2D eigenvalue weighted by atomic mass is 32.2. The van der Waals surface area contributed by atoms with Gasteiger partial charge in [0, 0.05) is 0 Å². The molecule has 6 rings (SSSR count). The quantitative estimate of drug-likeness (QED) is 0.284. The maximum atomic E-state index is 10.7. The van der Waals surface area contributed by atoms with Crippen molar-refractivity contribution in [2.45, 2.75) is 49.5 Å². The second-order valence-electron chi connectivity index (χ2n) is 7.99. The number of halogens is 6. The van der Waals surface area contributed by atoms with E-state index in [1.807, 2.05) is 0 Å². The summed E-state index contributed by atoms with van der Waals surface area (Å²) < 4.78 is 115. The number of piperidine rings is 6. The first-order valence-corrected chi connectivity index (χ1v) is 12.8. The van der Waals surface area contributed by atoms with Crippen LogP contribution < -0.4 is 0 Å². The van der Waals surface area contributed by atoms with E-state index in [0.717, 1.165) is 11.8 Å². The number of nitrogens with zero attached hydrogens (tertiary/aromatic N) is 2. The number of alkyl halides is 6. The molecule has 6 saturated heterocycles. The van der Waals surface area contributed by atoms with Gasteiger partial charge in [0.15, 0.2) is 0 Å². The predicted octanol–water partition coefficient (Wildman–Crippen LogP) is 2.99. The third kappa shape index (κ3) is 10.5. The Morgan fingerprint density at radius 2 is 0.688 bits per heavy atom. The van der Waals surface area contributed by atoms with Crippen LogP contribution in [0.4, 0.5) is 26.3 Å². The van der Waals surface area contributed by atoms with Gasteiger partial charge in [-0.2, -0.15) is 43.2 Å². The molecule has 6 aliphatic rings. The van der Waals surface area contributed by atoms with E-state index in [9.17, 15) is 26.3 Å². The first kappa shape index (κ1) is 29.4. The van der Waals surface area contributed by atoms with E-state index in [4.69, 9.17) is 25.9 Å². The molecule has 0 aromatic heterocycles. The third-order valence-corrected chi connectivity index (χ3v) is 6.88. The summed E-state index contributed by atoms with van der Waals surface area (Å²) in [7, 11) is -11.7. The third-order valence-electron chi connectivity index (χ3n) is 5.71. The first-order chi connectivity index (χ1) is 14.4.